The summed E-state index contributed by atoms with van der Waals surface area (Å²) in [6.07, 6.45) is -0.321. The van der Waals surface area contributed by atoms with E-state index in [9.17, 15) is 4.39 Å². The molecule has 0 aromatic heterocycles. The molecule has 1 aliphatic heterocycles. The molecule has 1 heterocycles. The number of ether oxygens (including phenoxy) is 1. The molecule has 1 aliphatic rings. The molecule has 0 aliphatic carbocycles. The Labute approximate surface area is 58.6 Å². The topological polar surface area (TPSA) is 12.5 Å². The zero-order valence-electron chi connectivity index (χ0n) is 5.02. The van der Waals surface area contributed by atoms with Crippen molar-refractivity contribution in [3.8, 4) is 0 Å². The highest BCUT2D eigenvalue weighted by atomic mass is 35.5. The molecule has 1 saturated heterocycles. The van der Waals surface area contributed by atoms with Gasteiger partial charge in [0.2, 0.25) is 0 Å². The van der Waals surface area contributed by atoms with E-state index in [-0.39, 0.29) is 6.61 Å². The van der Waals surface area contributed by atoms with Crippen molar-refractivity contribution in [1.29, 1.82) is 0 Å². The van der Waals surface area contributed by atoms with Crippen molar-refractivity contribution in [3.05, 3.63) is 0 Å². The molecule has 1 fully saturated rings. The first-order chi connectivity index (χ1) is 4.30. The molecular weight excluding hydrogens is 145 g/mol. The summed E-state index contributed by atoms with van der Waals surface area (Å²) in [5, 5.41) is 0. The van der Waals surface area contributed by atoms with Crippen LogP contribution in [0.3, 0.4) is 0 Å². The normalized spacial score (nSPS) is 32.0. The van der Waals surface area contributed by atoms with Crippen LogP contribution in [0.5, 0.6) is 0 Å². The molecule has 0 saturated carbocycles. The second kappa shape index (κ2) is 3.34. The summed E-state index contributed by atoms with van der Waals surface area (Å²) >= 11 is 5.45. The van der Waals surface area contributed by atoms with Crippen LogP contribution >= 0.6 is 11.8 Å². The van der Waals surface area contributed by atoms with Gasteiger partial charge in [0, 0.05) is 13.2 Å². The maximum atomic E-state index is 12.5. The molecule has 0 radical (unpaired) electrons. The van der Waals surface area contributed by atoms with Gasteiger partial charge in [-0.25, -0.2) is 4.39 Å². The van der Waals surface area contributed by atoms with Gasteiger partial charge < -0.3 is 4.74 Å². The third kappa shape index (κ3) is 2.08. The van der Waals surface area contributed by atoms with Gasteiger partial charge in [0.25, 0.3) is 0 Å². The van der Waals surface area contributed by atoms with Gasteiger partial charge in [0.15, 0.2) is 6.30 Å². The third-order valence-corrected chi connectivity index (χ3v) is 1.60. The van der Waals surface area contributed by atoms with Crippen LogP contribution in [0.4, 0.5) is 4.39 Å². The molecule has 0 aromatic carbocycles. The van der Waals surface area contributed by atoms with Crippen LogP contribution in [0, 0.1) is 0 Å². The summed E-state index contributed by atoms with van der Waals surface area (Å²) in [6, 6.07) is 0. The van der Waals surface area contributed by atoms with Crippen molar-refractivity contribution < 1.29 is 9.13 Å². The Morgan fingerprint density at radius 1 is 1.67 bits per heavy atom. The number of hydrogen-bond acceptors (Lipinski definition) is 2. The zero-order chi connectivity index (χ0) is 6.69. The van der Waals surface area contributed by atoms with E-state index in [4.69, 9.17) is 16.5 Å². The number of rotatable bonds is 0. The standard InChI is InChI=1S/C5H9ClFNO/c6-8-2-1-3-9-4-5(8)7/h5H,1-4H2. The highest BCUT2D eigenvalue weighted by Gasteiger charge is 2.17. The molecule has 0 aromatic rings. The Hall–Kier alpha value is 0.140. The summed E-state index contributed by atoms with van der Waals surface area (Å²) in [6.45, 7) is 1.29. The largest absolute Gasteiger partial charge is 0.377 e. The third-order valence-electron chi connectivity index (χ3n) is 1.22. The molecule has 0 amide bonds. The van der Waals surface area contributed by atoms with Crippen molar-refractivity contribution in [2.24, 2.45) is 0 Å². The first-order valence-corrected chi connectivity index (χ1v) is 3.29. The molecule has 9 heavy (non-hydrogen) atoms. The zero-order valence-corrected chi connectivity index (χ0v) is 5.77. The van der Waals surface area contributed by atoms with E-state index < -0.39 is 6.30 Å². The first-order valence-electron chi connectivity index (χ1n) is 2.95. The van der Waals surface area contributed by atoms with Gasteiger partial charge in [-0.1, -0.05) is 0 Å². The average Bonchev–Trinajstić information content (AvgIpc) is 1.99. The number of nitrogens with zero attached hydrogens (tertiary/aromatic N) is 1. The monoisotopic (exact) mass is 153 g/mol. The van der Waals surface area contributed by atoms with Gasteiger partial charge in [-0.05, 0) is 18.2 Å². The highest BCUT2D eigenvalue weighted by Crippen LogP contribution is 2.09. The van der Waals surface area contributed by atoms with E-state index in [0.29, 0.717) is 13.2 Å². The van der Waals surface area contributed by atoms with E-state index in [1.165, 1.54) is 0 Å². The smallest absolute Gasteiger partial charge is 0.189 e. The lowest BCUT2D eigenvalue weighted by Crippen LogP contribution is -2.24. The molecule has 2 nitrogen and oxygen atoms in total. The van der Waals surface area contributed by atoms with Gasteiger partial charge in [0.05, 0.1) is 6.61 Å². The molecule has 4 heteroatoms. The predicted molar refractivity (Wildman–Crippen MR) is 32.9 cm³/mol. The van der Waals surface area contributed by atoms with Gasteiger partial charge in [-0.15, -0.1) is 0 Å². The Bertz CT molecular complexity index is 83.0. The fourth-order valence-electron chi connectivity index (χ4n) is 0.719. The van der Waals surface area contributed by atoms with Crippen molar-refractivity contribution >= 4 is 11.8 Å². The lowest BCUT2D eigenvalue weighted by atomic mass is 10.4. The number of halogens is 2. The van der Waals surface area contributed by atoms with Crippen molar-refractivity contribution in [2.45, 2.75) is 12.7 Å². The van der Waals surface area contributed by atoms with E-state index in [1.807, 2.05) is 0 Å². The fourth-order valence-corrected chi connectivity index (χ4v) is 0.895. The van der Waals surface area contributed by atoms with Crippen molar-refractivity contribution in [2.75, 3.05) is 19.8 Å². The maximum absolute atomic E-state index is 12.5. The summed E-state index contributed by atoms with van der Waals surface area (Å²) < 4.78 is 18.5. The lowest BCUT2D eigenvalue weighted by Gasteiger charge is -2.12. The fraction of sp³-hybridized carbons (Fsp3) is 1.00. The van der Waals surface area contributed by atoms with Gasteiger partial charge >= 0.3 is 0 Å². The van der Waals surface area contributed by atoms with Crippen LogP contribution in [0.25, 0.3) is 0 Å². The van der Waals surface area contributed by atoms with Crippen LogP contribution in [-0.4, -0.2) is 30.5 Å². The highest BCUT2D eigenvalue weighted by molar-refractivity contribution is 6.13. The quantitative estimate of drug-likeness (QED) is 0.383. The molecule has 54 valence electrons. The van der Waals surface area contributed by atoms with Gasteiger partial charge in [0.1, 0.15) is 0 Å². The van der Waals surface area contributed by atoms with Crippen LogP contribution in [0.1, 0.15) is 6.42 Å². The van der Waals surface area contributed by atoms with Gasteiger partial charge in [-0.3, -0.25) is 0 Å². The molecule has 1 unspecified atom stereocenters. The number of hydrogen-bond donors (Lipinski definition) is 0. The molecule has 1 rings (SSSR count). The second-order valence-electron chi connectivity index (χ2n) is 1.99. The lowest BCUT2D eigenvalue weighted by molar-refractivity contribution is 0.0632. The molecular formula is C5H9ClFNO. The minimum absolute atomic E-state index is 0.101. The van der Waals surface area contributed by atoms with Crippen LogP contribution in [0.15, 0.2) is 0 Å². The number of alkyl halides is 1. The second-order valence-corrected chi connectivity index (χ2v) is 2.42. The predicted octanol–water partition coefficient (Wildman–Crippen LogP) is 1.16. The average molecular weight is 154 g/mol. The van der Waals surface area contributed by atoms with Crippen LogP contribution < -0.4 is 0 Å². The minimum atomic E-state index is -1.13. The van der Waals surface area contributed by atoms with E-state index in [1.54, 1.807) is 0 Å². The Balaban J connectivity index is 2.32. The molecule has 1 atom stereocenters. The van der Waals surface area contributed by atoms with Crippen molar-refractivity contribution in [1.82, 2.24) is 4.42 Å². The van der Waals surface area contributed by atoms with Crippen LogP contribution in [-0.2, 0) is 4.74 Å². The summed E-state index contributed by atoms with van der Waals surface area (Å²) in [7, 11) is 0. The van der Waals surface area contributed by atoms with E-state index >= 15 is 0 Å². The Morgan fingerprint density at radius 3 is 3.22 bits per heavy atom. The molecule has 0 N–H and O–H groups in total. The minimum Gasteiger partial charge on any atom is -0.377 e. The first kappa shape index (κ1) is 7.25. The maximum Gasteiger partial charge on any atom is 0.189 e. The summed E-state index contributed by atoms with van der Waals surface area (Å²) in [5.74, 6) is 0. The van der Waals surface area contributed by atoms with E-state index in [2.05, 4.69) is 0 Å². The molecule has 0 spiro atoms. The summed E-state index contributed by atoms with van der Waals surface area (Å²) in [4.78, 5) is 0. The Morgan fingerprint density at radius 2 is 2.44 bits per heavy atom. The van der Waals surface area contributed by atoms with Gasteiger partial charge in [-0.2, -0.15) is 4.42 Å². The Kier molecular flexibility index (Phi) is 2.69. The SMILES string of the molecule is FC1COCCCN1Cl. The molecule has 0 bridgehead atoms. The van der Waals surface area contributed by atoms with E-state index in [0.717, 1.165) is 10.8 Å². The van der Waals surface area contributed by atoms with Crippen molar-refractivity contribution in [3.63, 3.8) is 0 Å². The van der Waals surface area contributed by atoms with Crippen LogP contribution in [0.2, 0.25) is 0 Å². The summed E-state index contributed by atoms with van der Waals surface area (Å²) in [5.41, 5.74) is 0.